The molecule has 4 aromatic rings. The SMILES string of the molecule is CCc1ccc(-c2cc(C(F)(F)F)n3nc(C(=O)O/N=C(\N)c4ccc(Cl)cc4Cl)cc3n2)s1. The lowest BCUT2D eigenvalue weighted by Gasteiger charge is -2.10. The molecule has 3 aromatic heterocycles. The second-order valence-electron chi connectivity index (χ2n) is 6.92. The molecule has 0 saturated heterocycles. The number of rotatable bonds is 5. The number of fused-ring (bicyclic) bond motifs is 1. The van der Waals surface area contributed by atoms with E-state index in [4.69, 9.17) is 33.8 Å². The Balaban J connectivity index is 1.68. The van der Waals surface area contributed by atoms with Crippen molar-refractivity contribution in [2.24, 2.45) is 10.9 Å². The fraction of sp³-hybridized carbons (Fsp3) is 0.143. The number of thiophene rings is 1. The van der Waals surface area contributed by atoms with Gasteiger partial charge in [0.15, 0.2) is 22.9 Å². The van der Waals surface area contributed by atoms with Crippen molar-refractivity contribution in [3.05, 3.63) is 74.3 Å². The average Bonchev–Trinajstić information content (AvgIpc) is 3.42. The molecular weight excluding hydrogens is 514 g/mol. The topological polar surface area (TPSA) is 94.9 Å². The summed E-state index contributed by atoms with van der Waals surface area (Å²) >= 11 is 13.2. The van der Waals surface area contributed by atoms with E-state index in [1.54, 1.807) is 6.07 Å². The first kappa shape index (κ1) is 24.0. The normalized spacial score (nSPS) is 12.4. The third kappa shape index (κ3) is 4.86. The van der Waals surface area contributed by atoms with Gasteiger partial charge in [0.2, 0.25) is 0 Å². The van der Waals surface area contributed by atoms with Crippen LogP contribution in [0.1, 0.15) is 33.5 Å². The zero-order valence-electron chi connectivity index (χ0n) is 17.2. The number of carbonyl (C=O) groups is 1. The molecule has 3 heterocycles. The van der Waals surface area contributed by atoms with Crippen LogP contribution < -0.4 is 5.73 Å². The molecule has 34 heavy (non-hydrogen) atoms. The predicted octanol–water partition coefficient (Wildman–Crippen LogP) is 5.82. The number of amidine groups is 1. The summed E-state index contributed by atoms with van der Waals surface area (Å²) in [5.41, 5.74) is 4.45. The molecule has 4 rings (SSSR count). The summed E-state index contributed by atoms with van der Waals surface area (Å²) in [6.07, 6.45) is -4.01. The van der Waals surface area contributed by atoms with Crippen LogP contribution in [0.25, 0.3) is 16.2 Å². The van der Waals surface area contributed by atoms with Gasteiger partial charge in [-0.1, -0.05) is 35.3 Å². The van der Waals surface area contributed by atoms with Crippen molar-refractivity contribution in [2.45, 2.75) is 19.5 Å². The Kier molecular flexibility index (Phi) is 6.52. The van der Waals surface area contributed by atoms with Crippen molar-refractivity contribution in [2.75, 3.05) is 0 Å². The lowest BCUT2D eigenvalue weighted by atomic mass is 10.2. The van der Waals surface area contributed by atoms with Crippen molar-refractivity contribution < 1.29 is 22.8 Å². The molecule has 7 nitrogen and oxygen atoms in total. The number of hydrogen-bond acceptors (Lipinski definition) is 6. The first-order valence-corrected chi connectivity index (χ1v) is 11.2. The highest BCUT2D eigenvalue weighted by Crippen LogP contribution is 2.34. The van der Waals surface area contributed by atoms with Crippen molar-refractivity contribution in [1.29, 1.82) is 0 Å². The standard InChI is InChI=1S/C21H14Cl2F3N5O2S/c1-2-11-4-6-16(34-11)14-8-17(21(24,25)26)31-18(28-14)9-15(29-31)20(32)33-30-19(27)12-5-3-10(22)7-13(12)23/h3-9H,2H2,1H3,(H2,27,30). The van der Waals surface area contributed by atoms with E-state index in [0.29, 0.717) is 14.4 Å². The van der Waals surface area contributed by atoms with E-state index in [1.807, 2.05) is 13.0 Å². The van der Waals surface area contributed by atoms with Crippen molar-refractivity contribution in [3.8, 4) is 10.6 Å². The molecule has 0 aliphatic heterocycles. The minimum atomic E-state index is -4.75. The van der Waals surface area contributed by atoms with Gasteiger partial charge < -0.3 is 10.6 Å². The molecule has 0 atom stereocenters. The number of benzene rings is 1. The van der Waals surface area contributed by atoms with Crippen LogP contribution in [0, 0.1) is 0 Å². The summed E-state index contributed by atoms with van der Waals surface area (Å²) in [5, 5.41) is 7.77. The van der Waals surface area contributed by atoms with Gasteiger partial charge in [0.1, 0.15) is 0 Å². The van der Waals surface area contributed by atoms with Gasteiger partial charge in [0.25, 0.3) is 0 Å². The lowest BCUT2D eigenvalue weighted by molar-refractivity contribution is -0.142. The first-order chi connectivity index (χ1) is 16.1. The van der Waals surface area contributed by atoms with Gasteiger partial charge >= 0.3 is 12.1 Å². The highest BCUT2D eigenvalue weighted by atomic mass is 35.5. The van der Waals surface area contributed by atoms with Crippen molar-refractivity contribution in [1.82, 2.24) is 14.6 Å². The minimum Gasteiger partial charge on any atom is -0.380 e. The minimum absolute atomic E-state index is 0.115. The van der Waals surface area contributed by atoms with Crippen molar-refractivity contribution in [3.63, 3.8) is 0 Å². The summed E-state index contributed by atoms with van der Waals surface area (Å²) in [6, 6.07) is 9.90. The molecule has 0 aliphatic carbocycles. The summed E-state index contributed by atoms with van der Waals surface area (Å²) in [5.74, 6) is -1.36. The molecule has 0 amide bonds. The third-order valence-electron chi connectivity index (χ3n) is 4.62. The number of alkyl halides is 3. The fourth-order valence-corrected chi connectivity index (χ4v) is 4.41. The van der Waals surface area contributed by atoms with Crippen LogP contribution in [0.3, 0.4) is 0 Å². The molecule has 0 saturated carbocycles. The van der Waals surface area contributed by atoms with Gasteiger partial charge in [-0.05, 0) is 42.8 Å². The van der Waals surface area contributed by atoms with Gasteiger partial charge in [0.05, 0.1) is 15.6 Å². The number of carbonyl (C=O) groups excluding carboxylic acids is 1. The number of halogens is 5. The number of nitrogens with zero attached hydrogens (tertiary/aromatic N) is 4. The van der Waals surface area contributed by atoms with E-state index in [0.717, 1.165) is 23.4 Å². The van der Waals surface area contributed by atoms with Gasteiger partial charge in [-0.15, -0.1) is 11.3 Å². The summed E-state index contributed by atoms with van der Waals surface area (Å²) in [7, 11) is 0. The van der Waals surface area contributed by atoms with E-state index >= 15 is 0 Å². The molecule has 0 aliphatic rings. The molecule has 0 fully saturated rings. The van der Waals surface area contributed by atoms with E-state index in [9.17, 15) is 18.0 Å². The van der Waals surface area contributed by atoms with Crippen LogP contribution in [0.4, 0.5) is 13.2 Å². The maximum Gasteiger partial charge on any atom is 0.433 e. The Morgan fingerprint density at radius 1 is 1.21 bits per heavy atom. The highest BCUT2D eigenvalue weighted by Gasteiger charge is 2.36. The fourth-order valence-electron chi connectivity index (χ4n) is 2.99. The Morgan fingerprint density at radius 2 is 1.97 bits per heavy atom. The van der Waals surface area contributed by atoms with Gasteiger partial charge in [-0.2, -0.15) is 18.3 Å². The average molecular weight is 528 g/mol. The van der Waals surface area contributed by atoms with E-state index < -0.39 is 23.5 Å². The molecule has 1 aromatic carbocycles. The Morgan fingerprint density at radius 3 is 2.62 bits per heavy atom. The molecule has 0 bridgehead atoms. The second-order valence-corrected chi connectivity index (χ2v) is 8.93. The molecule has 176 valence electrons. The van der Waals surface area contributed by atoms with Gasteiger partial charge in [-0.3, -0.25) is 0 Å². The zero-order chi connectivity index (χ0) is 24.6. The van der Waals surface area contributed by atoms with Crippen LogP contribution in [0.15, 0.2) is 47.6 Å². The highest BCUT2D eigenvalue weighted by molar-refractivity contribution is 7.15. The monoisotopic (exact) mass is 527 g/mol. The van der Waals surface area contributed by atoms with Crippen LogP contribution in [-0.4, -0.2) is 26.4 Å². The number of aromatic nitrogens is 3. The van der Waals surface area contributed by atoms with Gasteiger partial charge in [-0.25, -0.2) is 14.3 Å². The maximum absolute atomic E-state index is 13.7. The van der Waals surface area contributed by atoms with E-state index in [2.05, 4.69) is 15.2 Å². The molecular formula is C21H14Cl2F3N5O2S. The lowest BCUT2D eigenvalue weighted by Crippen LogP contribution is -2.16. The zero-order valence-corrected chi connectivity index (χ0v) is 19.6. The summed E-state index contributed by atoms with van der Waals surface area (Å²) < 4.78 is 41.8. The third-order valence-corrected chi connectivity index (χ3v) is 6.42. The Labute approximate surface area is 204 Å². The smallest absolute Gasteiger partial charge is 0.380 e. The molecule has 2 N–H and O–H groups in total. The molecule has 0 spiro atoms. The summed E-state index contributed by atoms with van der Waals surface area (Å²) in [4.78, 5) is 23.0. The molecule has 0 unspecified atom stereocenters. The maximum atomic E-state index is 13.7. The number of hydrogen-bond donors (Lipinski definition) is 1. The molecule has 13 heteroatoms. The first-order valence-electron chi connectivity index (χ1n) is 9.64. The Bertz CT molecular complexity index is 1430. The predicted molar refractivity (Wildman–Crippen MR) is 123 cm³/mol. The van der Waals surface area contributed by atoms with Crippen LogP contribution in [-0.2, 0) is 17.4 Å². The quantitative estimate of drug-likeness (QED) is 0.152. The van der Waals surface area contributed by atoms with E-state index in [-0.39, 0.29) is 27.8 Å². The number of aryl methyl sites for hydroxylation is 1. The molecule has 0 radical (unpaired) electrons. The second kappa shape index (κ2) is 9.24. The van der Waals surface area contributed by atoms with Crippen LogP contribution in [0.5, 0.6) is 0 Å². The van der Waals surface area contributed by atoms with E-state index in [1.165, 1.54) is 29.5 Å². The van der Waals surface area contributed by atoms with Gasteiger partial charge in [0, 0.05) is 21.5 Å². The number of nitrogens with two attached hydrogens (primary N) is 1. The largest absolute Gasteiger partial charge is 0.433 e. The Hall–Kier alpha value is -3.15. The van der Waals surface area contributed by atoms with Crippen LogP contribution >= 0.6 is 34.5 Å². The van der Waals surface area contributed by atoms with Crippen molar-refractivity contribution >= 4 is 52.0 Å². The number of oxime groups is 1. The summed E-state index contributed by atoms with van der Waals surface area (Å²) in [6.45, 7) is 1.94. The van der Waals surface area contributed by atoms with Crippen LogP contribution in [0.2, 0.25) is 10.0 Å².